The molecule has 0 radical (unpaired) electrons. The first kappa shape index (κ1) is 30.6. The maximum Gasteiger partial charge on any atom is 0.510 e. The highest BCUT2D eigenvalue weighted by atomic mass is 16.7. The van der Waals surface area contributed by atoms with Gasteiger partial charge in [0.05, 0.1) is 0 Å². The molecule has 0 N–H and O–H groups in total. The van der Waals surface area contributed by atoms with E-state index < -0.39 is 17.4 Å². The fourth-order valence-corrected chi connectivity index (χ4v) is 6.32. The summed E-state index contributed by atoms with van der Waals surface area (Å²) in [5, 5.41) is 0. The third-order valence-electron chi connectivity index (χ3n) is 8.49. The molecule has 6 aromatic rings. The molecule has 0 heterocycles. The van der Waals surface area contributed by atoms with Crippen LogP contribution in [0.25, 0.3) is 0 Å². The van der Waals surface area contributed by atoms with Crippen molar-refractivity contribution in [3.8, 4) is 0 Å². The van der Waals surface area contributed by atoms with E-state index in [0.717, 1.165) is 33.4 Å². The summed E-state index contributed by atoms with van der Waals surface area (Å²) in [5.41, 5.74) is 4.05. The predicted octanol–water partition coefficient (Wildman–Crippen LogP) is 9.90. The number of hydrogen-bond acceptors (Lipinski definition) is 3. The van der Waals surface area contributed by atoms with Gasteiger partial charge in [0, 0.05) is 25.7 Å². The molecule has 6 rings (SSSR count). The van der Waals surface area contributed by atoms with E-state index in [9.17, 15) is 4.79 Å². The Balaban J connectivity index is 1.44. The Morgan fingerprint density at radius 1 is 0.348 bits per heavy atom. The van der Waals surface area contributed by atoms with Crippen molar-refractivity contribution >= 4 is 6.16 Å². The Morgan fingerprint density at radius 3 is 0.804 bits per heavy atom. The van der Waals surface area contributed by atoms with Crippen molar-refractivity contribution < 1.29 is 14.3 Å². The molecule has 0 spiro atoms. The monoisotopic (exact) mass is 602 g/mol. The van der Waals surface area contributed by atoms with Crippen LogP contribution in [-0.2, 0) is 46.4 Å². The number of benzene rings is 6. The number of carbonyl (C=O) groups excluding carboxylic acids is 1. The summed E-state index contributed by atoms with van der Waals surface area (Å²) in [4.78, 5) is 14.5. The van der Waals surface area contributed by atoms with Crippen LogP contribution in [0.4, 0.5) is 4.79 Å². The van der Waals surface area contributed by atoms with Crippen molar-refractivity contribution in [2.45, 2.75) is 36.9 Å². The molecule has 6 aromatic carbocycles. The van der Waals surface area contributed by atoms with Gasteiger partial charge in [0.25, 0.3) is 0 Å². The normalized spacial score (nSPS) is 11.5. The molecule has 0 saturated carbocycles. The Kier molecular flexibility index (Phi) is 9.70. The Morgan fingerprint density at radius 2 is 0.565 bits per heavy atom. The number of ether oxygens (including phenoxy) is 2. The van der Waals surface area contributed by atoms with E-state index in [1.54, 1.807) is 0 Å². The number of hydrogen-bond donors (Lipinski definition) is 0. The highest BCUT2D eigenvalue weighted by Gasteiger charge is 2.42. The minimum absolute atomic E-state index is 0.484. The fraction of sp³-hybridized carbons (Fsp3) is 0.140. The van der Waals surface area contributed by atoms with Crippen molar-refractivity contribution in [3.05, 3.63) is 215 Å². The zero-order valence-corrected chi connectivity index (χ0v) is 25.9. The molecular formula is C43H38O3. The Hall–Kier alpha value is -5.41. The first-order valence-electron chi connectivity index (χ1n) is 15.8. The van der Waals surface area contributed by atoms with Gasteiger partial charge in [0.2, 0.25) is 0 Å². The second-order valence-electron chi connectivity index (χ2n) is 11.8. The van der Waals surface area contributed by atoms with Crippen molar-refractivity contribution in [2.75, 3.05) is 0 Å². The lowest BCUT2D eigenvalue weighted by molar-refractivity contribution is -0.0877. The molecule has 228 valence electrons. The van der Waals surface area contributed by atoms with Gasteiger partial charge in [-0.15, -0.1) is 0 Å². The van der Waals surface area contributed by atoms with Gasteiger partial charge in [0.15, 0.2) is 0 Å². The minimum atomic E-state index is -1.02. The molecule has 0 bridgehead atoms. The van der Waals surface area contributed by atoms with Crippen LogP contribution in [0.1, 0.15) is 33.4 Å². The average Bonchev–Trinajstić information content (AvgIpc) is 3.10. The third-order valence-corrected chi connectivity index (χ3v) is 8.49. The summed E-state index contributed by atoms with van der Waals surface area (Å²) in [7, 11) is 0. The van der Waals surface area contributed by atoms with Gasteiger partial charge in [-0.1, -0.05) is 182 Å². The van der Waals surface area contributed by atoms with E-state index in [1.807, 2.05) is 133 Å². The van der Waals surface area contributed by atoms with Crippen LogP contribution in [0, 0.1) is 0 Å². The summed E-state index contributed by atoms with van der Waals surface area (Å²) < 4.78 is 13.4. The standard InChI is InChI=1S/C43H38O3/c44-41(45-42(39-27-15-5-16-28-39,31-35-19-7-1-8-20-35)32-36-21-9-2-10-22-36)46-43(40-29-17-6-18-30-40,33-37-23-11-3-12-24-37)34-38-25-13-4-14-26-38/h1-30H,31-34H2. The first-order chi connectivity index (χ1) is 22.6. The van der Waals surface area contributed by atoms with Crippen LogP contribution in [0.5, 0.6) is 0 Å². The fourth-order valence-electron chi connectivity index (χ4n) is 6.32. The van der Waals surface area contributed by atoms with Gasteiger partial charge < -0.3 is 9.47 Å². The first-order valence-corrected chi connectivity index (χ1v) is 15.8. The topological polar surface area (TPSA) is 35.5 Å². The van der Waals surface area contributed by atoms with E-state index >= 15 is 0 Å². The molecular weight excluding hydrogens is 564 g/mol. The molecule has 0 fully saturated rings. The second-order valence-corrected chi connectivity index (χ2v) is 11.8. The highest BCUT2D eigenvalue weighted by Crippen LogP contribution is 2.39. The van der Waals surface area contributed by atoms with Crippen LogP contribution < -0.4 is 0 Å². The molecule has 0 unspecified atom stereocenters. The van der Waals surface area contributed by atoms with E-state index in [2.05, 4.69) is 48.5 Å². The van der Waals surface area contributed by atoms with Gasteiger partial charge >= 0.3 is 6.16 Å². The SMILES string of the molecule is O=C(OC(Cc1ccccc1)(Cc1ccccc1)c1ccccc1)OC(Cc1ccccc1)(Cc1ccccc1)c1ccccc1. The molecule has 3 nitrogen and oxygen atoms in total. The second kappa shape index (κ2) is 14.6. The van der Waals surface area contributed by atoms with Crippen LogP contribution in [0.3, 0.4) is 0 Å². The maximum atomic E-state index is 14.5. The van der Waals surface area contributed by atoms with Crippen LogP contribution in [-0.4, -0.2) is 6.16 Å². The summed E-state index contributed by atoms with van der Waals surface area (Å²) >= 11 is 0. The van der Waals surface area contributed by atoms with Crippen molar-refractivity contribution in [1.82, 2.24) is 0 Å². The highest BCUT2D eigenvalue weighted by molar-refractivity contribution is 5.63. The average molecular weight is 603 g/mol. The molecule has 0 aliphatic carbocycles. The lowest BCUT2D eigenvalue weighted by Crippen LogP contribution is -2.42. The van der Waals surface area contributed by atoms with Gasteiger partial charge in [-0.3, -0.25) is 0 Å². The largest absolute Gasteiger partial charge is 0.510 e. The predicted molar refractivity (Wildman–Crippen MR) is 184 cm³/mol. The van der Waals surface area contributed by atoms with Gasteiger partial charge in [-0.2, -0.15) is 0 Å². The molecule has 0 amide bonds. The quantitative estimate of drug-likeness (QED) is 0.131. The molecule has 3 heteroatoms. The Bertz CT molecular complexity index is 1560. The van der Waals surface area contributed by atoms with Crippen molar-refractivity contribution in [1.29, 1.82) is 0 Å². The van der Waals surface area contributed by atoms with E-state index in [4.69, 9.17) is 9.47 Å². The zero-order valence-electron chi connectivity index (χ0n) is 25.9. The smallest absolute Gasteiger partial charge is 0.422 e. The molecule has 46 heavy (non-hydrogen) atoms. The van der Waals surface area contributed by atoms with E-state index in [0.29, 0.717) is 25.7 Å². The molecule has 0 saturated heterocycles. The Labute approximate surface area is 272 Å². The lowest BCUT2D eigenvalue weighted by atomic mass is 9.81. The summed E-state index contributed by atoms with van der Waals surface area (Å²) in [6.07, 6.45) is 1.23. The number of rotatable bonds is 12. The maximum absolute atomic E-state index is 14.5. The number of carbonyl (C=O) groups is 1. The molecule has 0 atom stereocenters. The van der Waals surface area contributed by atoms with Gasteiger partial charge in [0.1, 0.15) is 11.2 Å². The molecule has 0 aliphatic rings. The van der Waals surface area contributed by atoms with Gasteiger partial charge in [-0.25, -0.2) is 4.79 Å². The van der Waals surface area contributed by atoms with Crippen LogP contribution in [0.2, 0.25) is 0 Å². The third kappa shape index (κ3) is 7.62. The van der Waals surface area contributed by atoms with Crippen LogP contribution in [0.15, 0.2) is 182 Å². The minimum Gasteiger partial charge on any atom is -0.422 e. The van der Waals surface area contributed by atoms with Crippen molar-refractivity contribution in [2.24, 2.45) is 0 Å². The van der Waals surface area contributed by atoms with Crippen molar-refractivity contribution in [3.63, 3.8) is 0 Å². The van der Waals surface area contributed by atoms with Crippen LogP contribution >= 0.6 is 0 Å². The molecule has 0 aliphatic heterocycles. The van der Waals surface area contributed by atoms with Gasteiger partial charge in [-0.05, 0) is 33.4 Å². The summed E-state index contributed by atoms with van der Waals surface area (Å²) in [6, 6.07) is 60.9. The summed E-state index contributed by atoms with van der Waals surface area (Å²) in [6.45, 7) is 0. The summed E-state index contributed by atoms with van der Waals surface area (Å²) in [5.74, 6) is 0. The van der Waals surface area contributed by atoms with E-state index in [1.165, 1.54) is 0 Å². The molecule has 0 aromatic heterocycles. The zero-order chi connectivity index (χ0) is 31.5. The lowest BCUT2D eigenvalue weighted by Gasteiger charge is -2.38. The van der Waals surface area contributed by atoms with E-state index in [-0.39, 0.29) is 0 Å².